The molecule has 32 heavy (non-hydrogen) atoms. The van der Waals surface area contributed by atoms with Gasteiger partial charge in [0.1, 0.15) is 5.82 Å². The van der Waals surface area contributed by atoms with Crippen LogP contribution in [0.1, 0.15) is 50.5 Å². The fraction of sp³-hybridized carbons (Fsp3) is 0.400. The van der Waals surface area contributed by atoms with Crippen molar-refractivity contribution in [2.24, 2.45) is 13.0 Å². The number of fused-ring (bicyclic) bond motifs is 2. The lowest BCUT2D eigenvalue weighted by atomic mass is 10.1. The second kappa shape index (κ2) is 8.30. The number of methoxy groups -OCH3 is 1. The monoisotopic (exact) mass is 434 g/mol. The highest BCUT2D eigenvalue weighted by Gasteiger charge is 2.22. The highest BCUT2D eigenvalue weighted by Crippen LogP contribution is 2.32. The van der Waals surface area contributed by atoms with Crippen molar-refractivity contribution in [3.8, 4) is 11.4 Å². The zero-order valence-electron chi connectivity index (χ0n) is 19.5. The number of benzene rings is 2. The Balaban J connectivity index is 2.04. The minimum absolute atomic E-state index is 0.00627. The molecule has 0 saturated carbocycles. The van der Waals surface area contributed by atoms with Crippen LogP contribution in [0.4, 0.5) is 0 Å². The second-order valence-corrected chi connectivity index (χ2v) is 8.94. The molecule has 4 aromatic rings. The Labute approximate surface area is 187 Å². The molecule has 0 aliphatic carbocycles. The number of ether oxygens (including phenoxy) is 1. The SMILES string of the molecule is COC(=O)c1ccc2c(c1)nc(-c1cccc3c1n(C(C)C)c(=O)n3C)n2CCC(C)C. The quantitative estimate of drug-likeness (QED) is 0.410. The average molecular weight is 435 g/mol. The molecule has 4 rings (SSSR count). The lowest BCUT2D eigenvalue weighted by Gasteiger charge is -2.14. The van der Waals surface area contributed by atoms with E-state index in [1.165, 1.54) is 7.11 Å². The van der Waals surface area contributed by atoms with E-state index >= 15 is 0 Å². The Morgan fingerprint density at radius 2 is 1.84 bits per heavy atom. The van der Waals surface area contributed by atoms with E-state index in [0.717, 1.165) is 46.4 Å². The van der Waals surface area contributed by atoms with Gasteiger partial charge in [-0.3, -0.25) is 9.13 Å². The number of para-hydroxylation sites is 1. The Morgan fingerprint density at radius 1 is 1.09 bits per heavy atom. The van der Waals surface area contributed by atoms with Crippen molar-refractivity contribution in [1.82, 2.24) is 18.7 Å². The molecular formula is C25H30N4O3. The van der Waals surface area contributed by atoms with Crippen molar-refractivity contribution in [2.45, 2.75) is 46.7 Å². The molecule has 0 aliphatic rings. The number of aryl methyl sites for hydroxylation is 2. The number of imidazole rings is 2. The van der Waals surface area contributed by atoms with Gasteiger partial charge in [0.05, 0.1) is 34.7 Å². The summed E-state index contributed by atoms with van der Waals surface area (Å²) in [6.07, 6.45) is 0.985. The average Bonchev–Trinajstić information content (AvgIpc) is 3.26. The molecule has 0 spiro atoms. The van der Waals surface area contributed by atoms with Gasteiger partial charge in [-0.15, -0.1) is 0 Å². The first-order chi connectivity index (χ1) is 15.2. The zero-order chi connectivity index (χ0) is 23.2. The molecule has 0 bridgehead atoms. The van der Waals surface area contributed by atoms with Gasteiger partial charge in [0.2, 0.25) is 0 Å². The number of esters is 1. The molecule has 0 unspecified atom stereocenters. The first kappa shape index (κ1) is 21.9. The molecule has 2 aromatic carbocycles. The van der Waals surface area contributed by atoms with Gasteiger partial charge in [-0.05, 0) is 56.5 Å². The van der Waals surface area contributed by atoms with Crippen LogP contribution in [0.3, 0.4) is 0 Å². The molecular weight excluding hydrogens is 404 g/mol. The molecule has 2 heterocycles. The third kappa shape index (κ3) is 3.51. The summed E-state index contributed by atoms with van der Waals surface area (Å²) < 4.78 is 10.6. The smallest absolute Gasteiger partial charge is 0.337 e. The molecule has 0 saturated heterocycles. The first-order valence-corrected chi connectivity index (χ1v) is 11.0. The number of nitrogens with zero attached hydrogens (tertiary/aromatic N) is 4. The van der Waals surface area contributed by atoms with Crippen LogP contribution in [-0.2, 0) is 18.3 Å². The topological polar surface area (TPSA) is 71.1 Å². The van der Waals surface area contributed by atoms with Gasteiger partial charge in [0.15, 0.2) is 0 Å². The summed E-state index contributed by atoms with van der Waals surface area (Å²) in [6.45, 7) is 9.21. The lowest BCUT2D eigenvalue weighted by molar-refractivity contribution is 0.0601. The first-order valence-electron chi connectivity index (χ1n) is 11.0. The van der Waals surface area contributed by atoms with Gasteiger partial charge in [-0.2, -0.15) is 0 Å². The molecule has 0 amide bonds. The molecule has 2 aromatic heterocycles. The van der Waals surface area contributed by atoms with Crippen LogP contribution in [0.25, 0.3) is 33.5 Å². The Hall–Kier alpha value is -3.35. The number of rotatable bonds is 6. The number of hydrogen-bond donors (Lipinski definition) is 0. The molecule has 0 N–H and O–H groups in total. The Bertz CT molecular complexity index is 1370. The summed E-state index contributed by atoms with van der Waals surface area (Å²) in [5.74, 6) is 0.938. The summed E-state index contributed by atoms with van der Waals surface area (Å²) in [5.41, 5.74) is 4.78. The summed E-state index contributed by atoms with van der Waals surface area (Å²) in [5, 5.41) is 0. The Kier molecular flexibility index (Phi) is 5.67. The van der Waals surface area contributed by atoms with Crippen LogP contribution in [0.15, 0.2) is 41.2 Å². The van der Waals surface area contributed by atoms with Gasteiger partial charge < -0.3 is 9.30 Å². The van der Waals surface area contributed by atoms with Crippen molar-refractivity contribution in [2.75, 3.05) is 7.11 Å². The minimum atomic E-state index is -0.385. The fourth-order valence-corrected chi connectivity index (χ4v) is 4.27. The van der Waals surface area contributed by atoms with Crippen LogP contribution >= 0.6 is 0 Å². The standard InChI is InChI=1S/C25H30N4O3/c1-15(2)12-13-28-20-11-10-17(24(30)32-6)14-19(20)26-23(28)18-8-7-9-21-22(18)29(16(3)4)25(31)27(21)5/h7-11,14-16H,12-13H2,1-6H3. The van der Waals surface area contributed by atoms with Crippen LogP contribution in [0.2, 0.25) is 0 Å². The number of aromatic nitrogens is 4. The molecule has 7 heteroatoms. The summed E-state index contributed by atoms with van der Waals surface area (Å²) in [4.78, 5) is 30.0. The van der Waals surface area contributed by atoms with E-state index in [1.54, 1.807) is 23.7 Å². The van der Waals surface area contributed by atoms with E-state index in [0.29, 0.717) is 11.5 Å². The predicted octanol–water partition coefficient (Wildman–Crippen LogP) is 4.77. The molecule has 0 aliphatic heterocycles. The zero-order valence-corrected chi connectivity index (χ0v) is 19.5. The maximum absolute atomic E-state index is 13.0. The maximum atomic E-state index is 13.0. The van der Waals surface area contributed by atoms with E-state index in [1.807, 2.05) is 42.7 Å². The van der Waals surface area contributed by atoms with Gasteiger partial charge in [0, 0.05) is 25.2 Å². The van der Waals surface area contributed by atoms with Gasteiger partial charge >= 0.3 is 11.7 Å². The minimum Gasteiger partial charge on any atom is -0.465 e. The molecule has 7 nitrogen and oxygen atoms in total. The molecule has 0 fully saturated rings. The number of hydrogen-bond acceptors (Lipinski definition) is 4. The molecule has 168 valence electrons. The van der Waals surface area contributed by atoms with E-state index in [2.05, 4.69) is 18.4 Å². The van der Waals surface area contributed by atoms with Gasteiger partial charge in [0.25, 0.3) is 0 Å². The van der Waals surface area contributed by atoms with Gasteiger partial charge in [-0.25, -0.2) is 14.6 Å². The predicted molar refractivity (Wildman–Crippen MR) is 127 cm³/mol. The van der Waals surface area contributed by atoms with Crippen molar-refractivity contribution < 1.29 is 9.53 Å². The maximum Gasteiger partial charge on any atom is 0.337 e. The molecule has 0 radical (unpaired) electrons. The van der Waals surface area contributed by atoms with Crippen LogP contribution in [-0.4, -0.2) is 31.8 Å². The molecule has 0 atom stereocenters. The summed E-state index contributed by atoms with van der Waals surface area (Å²) >= 11 is 0. The van der Waals surface area contributed by atoms with Crippen molar-refractivity contribution >= 4 is 28.0 Å². The van der Waals surface area contributed by atoms with Crippen LogP contribution in [0, 0.1) is 5.92 Å². The largest absolute Gasteiger partial charge is 0.465 e. The summed E-state index contributed by atoms with van der Waals surface area (Å²) in [7, 11) is 3.18. The highest BCUT2D eigenvalue weighted by atomic mass is 16.5. The van der Waals surface area contributed by atoms with Crippen LogP contribution < -0.4 is 5.69 Å². The Morgan fingerprint density at radius 3 is 2.50 bits per heavy atom. The number of carbonyl (C=O) groups excluding carboxylic acids is 1. The van der Waals surface area contributed by atoms with Crippen molar-refractivity contribution in [1.29, 1.82) is 0 Å². The van der Waals surface area contributed by atoms with E-state index < -0.39 is 0 Å². The number of carbonyl (C=O) groups is 1. The summed E-state index contributed by atoms with van der Waals surface area (Å²) in [6, 6.07) is 11.4. The van der Waals surface area contributed by atoms with E-state index in [4.69, 9.17) is 9.72 Å². The van der Waals surface area contributed by atoms with E-state index in [9.17, 15) is 9.59 Å². The third-order valence-corrected chi connectivity index (χ3v) is 5.97. The highest BCUT2D eigenvalue weighted by molar-refractivity contribution is 5.96. The van der Waals surface area contributed by atoms with E-state index in [-0.39, 0.29) is 17.7 Å². The van der Waals surface area contributed by atoms with Crippen molar-refractivity contribution in [3.05, 3.63) is 52.4 Å². The third-order valence-electron chi connectivity index (χ3n) is 5.97. The lowest BCUT2D eigenvalue weighted by Crippen LogP contribution is -2.23. The second-order valence-electron chi connectivity index (χ2n) is 8.94. The van der Waals surface area contributed by atoms with Gasteiger partial charge in [-0.1, -0.05) is 19.9 Å². The fourth-order valence-electron chi connectivity index (χ4n) is 4.27. The normalized spacial score (nSPS) is 11.9. The van der Waals surface area contributed by atoms with Crippen molar-refractivity contribution in [3.63, 3.8) is 0 Å². The van der Waals surface area contributed by atoms with Crippen LogP contribution in [0.5, 0.6) is 0 Å².